The largest absolute Gasteiger partial charge is 0.494 e. The first-order valence-electron chi connectivity index (χ1n) is 6.99. The minimum Gasteiger partial charge on any atom is -0.494 e. The Balaban J connectivity index is 2.14. The monoisotopic (exact) mass is 333 g/mol. The van der Waals surface area contributed by atoms with Gasteiger partial charge in [0.25, 0.3) is 0 Å². The third-order valence-electron chi connectivity index (χ3n) is 3.32. The van der Waals surface area contributed by atoms with Crippen molar-refractivity contribution < 1.29 is 4.74 Å². The lowest BCUT2D eigenvalue weighted by molar-refractivity contribution is 0.317. The van der Waals surface area contributed by atoms with Crippen molar-refractivity contribution in [3.63, 3.8) is 0 Å². The molecule has 0 spiro atoms. The summed E-state index contributed by atoms with van der Waals surface area (Å²) in [5.74, 6) is 1.31. The average molecular weight is 334 g/mol. The third kappa shape index (κ3) is 3.83. The fraction of sp³-hybridized carbons (Fsp3) is 0.353. The van der Waals surface area contributed by atoms with Gasteiger partial charge in [0.05, 0.1) is 6.61 Å². The van der Waals surface area contributed by atoms with E-state index in [0.717, 1.165) is 18.8 Å². The highest BCUT2D eigenvalue weighted by molar-refractivity contribution is 9.09. The van der Waals surface area contributed by atoms with Crippen LogP contribution in [0, 0.1) is 0 Å². The number of nitrogens with zero attached hydrogens (tertiary/aromatic N) is 1. The van der Waals surface area contributed by atoms with E-state index in [-0.39, 0.29) is 4.83 Å². The maximum absolute atomic E-state index is 5.70. The van der Waals surface area contributed by atoms with Crippen molar-refractivity contribution in [3.05, 3.63) is 59.9 Å². The first-order chi connectivity index (χ1) is 9.72. The molecule has 106 valence electrons. The Morgan fingerprint density at radius 1 is 1.15 bits per heavy atom. The maximum atomic E-state index is 5.70. The van der Waals surface area contributed by atoms with E-state index in [1.54, 1.807) is 0 Å². The predicted molar refractivity (Wildman–Crippen MR) is 86.5 cm³/mol. The minimum absolute atomic E-state index is 0.259. The summed E-state index contributed by atoms with van der Waals surface area (Å²) in [7, 11) is 0. The number of hydrogen-bond donors (Lipinski definition) is 0. The number of pyridine rings is 1. The lowest BCUT2D eigenvalue weighted by Crippen LogP contribution is -2.03. The molecule has 0 saturated heterocycles. The highest BCUT2D eigenvalue weighted by atomic mass is 79.9. The van der Waals surface area contributed by atoms with Crippen LogP contribution in [-0.2, 0) is 0 Å². The van der Waals surface area contributed by atoms with Crippen molar-refractivity contribution in [1.82, 2.24) is 4.98 Å². The zero-order valence-electron chi connectivity index (χ0n) is 11.9. The zero-order valence-corrected chi connectivity index (χ0v) is 13.5. The smallest absolute Gasteiger partial charge is 0.119 e. The van der Waals surface area contributed by atoms with Crippen LogP contribution in [0.5, 0.6) is 5.75 Å². The van der Waals surface area contributed by atoms with Gasteiger partial charge in [-0.25, -0.2) is 0 Å². The van der Waals surface area contributed by atoms with Gasteiger partial charge in [-0.3, -0.25) is 4.98 Å². The second-order valence-corrected chi connectivity index (χ2v) is 5.88. The zero-order chi connectivity index (χ0) is 14.4. The predicted octanol–water partition coefficient (Wildman–Crippen LogP) is 5.11. The second-order valence-electron chi connectivity index (χ2n) is 4.89. The summed E-state index contributed by atoms with van der Waals surface area (Å²) >= 11 is 3.81. The van der Waals surface area contributed by atoms with E-state index in [9.17, 15) is 0 Å². The molecule has 0 aliphatic rings. The Labute approximate surface area is 129 Å². The number of ether oxygens (including phenoxy) is 1. The topological polar surface area (TPSA) is 22.1 Å². The summed E-state index contributed by atoms with van der Waals surface area (Å²) in [5, 5.41) is 0. The SMILES string of the molecule is CCCOc1cccc(C(Br)C(C)c2ccncc2)c1. The molecule has 3 heteroatoms. The molecule has 0 fully saturated rings. The molecule has 2 aromatic rings. The van der Waals surface area contributed by atoms with Crippen LogP contribution in [0.2, 0.25) is 0 Å². The number of halogens is 1. The number of hydrogen-bond acceptors (Lipinski definition) is 2. The van der Waals surface area contributed by atoms with Gasteiger partial charge in [0, 0.05) is 17.2 Å². The number of aromatic nitrogens is 1. The molecule has 0 aliphatic carbocycles. The van der Waals surface area contributed by atoms with E-state index in [4.69, 9.17) is 4.74 Å². The van der Waals surface area contributed by atoms with Crippen LogP contribution >= 0.6 is 15.9 Å². The van der Waals surface area contributed by atoms with Crippen LogP contribution in [0.15, 0.2) is 48.8 Å². The van der Waals surface area contributed by atoms with Crippen LogP contribution in [0.25, 0.3) is 0 Å². The Hall–Kier alpha value is -1.35. The van der Waals surface area contributed by atoms with Crippen LogP contribution < -0.4 is 4.74 Å². The van der Waals surface area contributed by atoms with E-state index in [1.807, 2.05) is 24.5 Å². The first kappa shape index (κ1) is 15.0. The summed E-state index contributed by atoms with van der Waals surface area (Å²) in [6.07, 6.45) is 4.70. The van der Waals surface area contributed by atoms with E-state index in [0.29, 0.717) is 5.92 Å². The molecule has 20 heavy (non-hydrogen) atoms. The lowest BCUT2D eigenvalue weighted by Gasteiger charge is -2.19. The molecule has 2 unspecified atom stereocenters. The highest BCUT2D eigenvalue weighted by Crippen LogP contribution is 2.38. The third-order valence-corrected chi connectivity index (χ3v) is 4.64. The minimum atomic E-state index is 0.259. The Kier molecular flexibility index (Phi) is 5.60. The summed E-state index contributed by atoms with van der Waals surface area (Å²) in [6, 6.07) is 12.4. The van der Waals surface area contributed by atoms with Gasteiger partial charge in [-0.05, 0) is 47.7 Å². The molecule has 0 bridgehead atoms. The fourth-order valence-corrected chi connectivity index (χ4v) is 2.71. The van der Waals surface area contributed by atoms with Crippen molar-refractivity contribution in [2.24, 2.45) is 0 Å². The summed E-state index contributed by atoms with van der Waals surface area (Å²) in [6.45, 7) is 5.09. The molecule has 2 rings (SSSR count). The maximum Gasteiger partial charge on any atom is 0.119 e. The summed E-state index contributed by atoms with van der Waals surface area (Å²) in [4.78, 5) is 4.33. The van der Waals surface area contributed by atoms with Gasteiger partial charge < -0.3 is 4.74 Å². The van der Waals surface area contributed by atoms with E-state index >= 15 is 0 Å². The summed E-state index contributed by atoms with van der Waals surface area (Å²) < 4.78 is 5.70. The average Bonchev–Trinajstić information content (AvgIpc) is 2.52. The molecule has 0 radical (unpaired) electrons. The number of rotatable bonds is 6. The van der Waals surface area contributed by atoms with E-state index in [1.165, 1.54) is 11.1 Å². The fourth-order valence-electron chi connectivity index (χ4n) is 2.12. The molecular weight excluding hydrogens is 314 g/mol. The Bertz CT molecular complexity index is 530. The Morgan fingerprint density at radius 3 is 2.60 bits per heavy atom. The first-order valence-corrected chi connectivity index (χ1v) is 7.90. The molecule has 2 nitrogen and oxygen atoms in total. The highest BCUT2D eigenvalue weighted by Gasteiger charge is 2.18. The molecule has 1 aromatic heterocycles. The van der Waals surface area contributed by atoms with Crippen molar-refractivity contribution in [2.75, 3.05) is 6.61 Å². The molecule has 2 atom stereocenters. The lowest BCUT2D eigenvalue weighted by atomic mass is 9.94. The molecule has 0 aliphatic heterocycles. The molecule has 0 saturated carbocycles. The van der Waals surface area contributed by atoms with Crippen LogP contribution in [0.1, 0.15) is 42.1 Å². The standard InChI is InChI=1S/C17H20BrNO/c1-3-11-20-16-6-4-5-15(12-16)17(18)13(2)14-7-9-19-10-8-14/h4-10,12-13,17H,3,11H2,1-2H3. The molecule has 0 N–H and O–H groups in total. The number of benzene rings is 1. The molecule has 1 heterocycles. The van der Waals surface area contributed by atoms with Gasteiger partial charge in [0.1, 0.15) is 5.75 Å². The van der Waals surface area contributed by atoms with Crippen molar-refractivity contribution >= 4 is 15.9 Å². The van der Waals surface area contributed by atoms with Gasteiger partial charge in [-0.2, -0.15) is 0 Å². The van der Waals surface area contributed by atoms with Crippen molar-refractivity contribution in [1.29, 1.82) is 0 Å². The van der Waals surface area contributed by atoms with Gasteiger partial charge in [0.15, 0.2) is 0 Å². The van der Waals surface area contributed by atoms with Crippen molar-refractivity contribution in [3.8, 4) is 5.75 Å². The van der Waals surface area contributed by atoms with Crippen LogP contribution in [-0.4, -0.2) is 11.6 Å². The van der Waals surface area contributed by atoms with Crippen LogP contribution in [0.4, 0.5) is 0 Å². The van der Waals surface area contributed by atoms with E-state index < -0.39 is 0 Å². The van der Waals surface area contributed by atoms with Gasteiger partial charge in [0.2, 0.25) is 0 Å². The number of alkyl halides is 1. The second kappa shape index (κ2) is 7.44. The van der Waals surface area contributed by atoms with Gasteiger partial charge in [-0.1, -0.05) is 41.9 Å². The molecule has 0 amide bonds. The molecular formula is C17H20BrNO. The summed E-state index contributed by atoms with van der Waals surface area (Å²) in [5.41, 5.74) is 2.52. The molecule has 1 aromatic carbocycles. The van der Waals surface area contributed by atoms with Crippen molar-refractivity contribution in [2.45, 2.75) is 31.0 Å². The van der Waals surface area contributed by atoms with Gasteiger partial charge in [-0.15, -0.1) is 0 Å². The normalized spacial score (nSPS) is 13.8. The Morgan fingerprint density at radius 2 is 1.90 bits per heavy atom. The quantitative estimate of drug-likeness (QED) is 0.685. The van der Waals surface area contributed by atoms with Gasteiger partial charge >= 0.3 is 0 Å². The van der Waals surface area contributed by atoms with Crippen LogP contribution in [0.3, 0.4) is 0 Å². The van der Waals surface area contributed by atoms with E-state index in [2.05, 4.69) is 59.0 Å².